The number of carboxylic acid groups (broad SMARTS) is 1. The van der Waals surface area contributed by atoms with E-state index in [1.54, 1.807) is 4.90 Å². The Balaban J connectivity index is 1.70. The Morgan fingerprint density at radius 3 is 2.23 bits per heavy atom. The molecular weight excluding hydrogens is 438 g/mol. The molecule has 0 spiro atoms. The number of hydroxylamine groups is 1. The number of rotatable bonds is 5. The van der Waals surface area contributed by atoms with Crippen LogP contribution in [0.15, 0.2) is 18.2 Å². The van der Waals surface area contributed by atoms with Crippen LogP contribution in [0.4, 0.5) is 19.3 Å². The first-order valence-corrected chi connectivity index (χ1v) is 11.3. The second-order valence-corrected chi connectivity index (χ2v) is 9.70. The van der Waals surface area contributed by atoms with E-state index in [0.29, 0.717) is 0 Å². The molecule has 1 aromatic carbocycles. The van der Waals surface area contributed by atoms with Crippen LogP contribution < -0.4 is 10.4 Å². The molecule has 3 rings (SSSR count). The van der Waals surface area contributed by atoms with E-state index in [9.17, 15) is 26.8 Å². The van der Waals surface area contributed by atoms with Crippen molar-refractivity contribution in [3.05, 3.63) is 29.8 Å². The molecule has 3 N–H and O–H groups in total. The molecule has 0 aromatic heterocycles. The molecule has 172 valence electrons. The zero-order valence-corrected chi connectivity index (χ0v) is 17.4. The summed E-state index contributed by atoms with van der Waals surface area (Å²) in [5.41, 5.74) is 0.0952. The van der Waals surface area contributed by atoms with Crippen molar-refractivity contribution < 1.29 is 37.1 Å². The number of likely N-dealkylation sites (tertiary alicyclic amines) is 1. The molecule has 2 aliphatic rings. The maximum Gasteiger partial charge on any atom is 0.407 e. The van der Waals surface area contributed by atoms with E-state index in [-0.39, 0.29) is 57.8 Å². The second kappa shape index (κ2) is 8.93. The van der Waals surface area contributed by atoms with Crippen molar-refractivity contribution in [2.45, 2.75) is 12.8 Å². The van der Waals surface area contributed by atoms with Crippen molar-refractivity contribution in [2.24, 2.45) is 5.41 Å². The number of nitrogens with zero attached hydrogens (tertiary/aromatic N) is 3. The van der Waals surface area contributed by atoms with Crippen LogP contribution in [0.1, 0.15) is 12.8 Å². The zero-order valence-electron chi connectivity index (χ0n) is 16.6. The summed E-state index contributed by atoms with van der Waals surface area (Å²) in [6.07, 6.45) is -1.28. The average molecular weight is 462 g/mol. The van der Waals surface area contributed by atoms with Crippen molar-refractivity contribution >= 4 is 27.7 Å². The van der Waals surface area contributed by atoms with Crippen LogP contribution in [0, 0.1) is 17.0 Å². The highest BCUT2D eigenvalue weighted by molar-refractivity contribution is 7.89. The van der Waals surface area contributed by atoms with Gasteiger partial charge in [-0.25, -0.2) is 27.5 Å². The highest BCUT2D eigenvalue weighted by Gasteiger charge is 2.47. The van der Waals surface area contributed by atoms with E-state index in [1.165, 1.54) is 9.79 Å². The molecule has 2 fully saturated rings. The maximum atomic E-state index is 14.0. The average Bonchev–Trinajstić information content (AvgIpc) is 2.75. The van der Waals surface area contributed by atoms with Crippen LogP contribution in [0.5, 0.6) is 0 Å². The smallest absolute Gasteiger partial charge is 0.407 e. The van der Waals surface area contributed by atoms with Gasteiger partial charge in [0.05, 0.1) is 16.9 Å². The lowest BCUT2D eigenvalue weighted by Crippen LogP contribution is -2.56. The van der Waals surface area contributed by atoms with Crippen molar-refractivity contribution in [3.8, 4) is 0 Å². The van der Waals surface area contributed by atoms with Crippen LogP contribution in [-0.4, -0.2) is 85.0 Å². The highest BCUT2D eigenvalue weighted by atomic mass is 32.2. The predicted octanol–water partition coefficient (Wildman–Crippen LogP) is 0.682. The molecule has 0 saturated carbocycles. The van der Waals surface area contributed by atoms with Gasteiger partial charge in [-0.05, 0) is 25.0 Å². The zero-order chi connectivity index (χ0) is 22.8. The van der Waals surface area contributed by atoms with E-state index in [0.717, 1.165) is 23.1 Å². The van der Waals surface area contributed by atoms with Crippen molar-refractivity contribution in [1.82, 2.24) is 14.7 Å². The molecule has 0 radical (unpaired) electrons. The summed E-state index contributed by atoms with van der Waals surface area (Å²) in [4.78, 5) is 26.1. The Morgan fingerprint density at radius 1 is 1.06 bits per heavy atom. The van der Waals surface area contributed by atoms with Gasteiger partial charge in [0.2, 0.25) is 10.0 Å². The summed E-state index contributed by atoms with van der Waals surface area (Å²) in [5.74, 6) is -2.67. The summed E-state index contributed by atoms with van der Waals surface area (Å²) in [6.45, 7) is 0.208. The van der Waals surface area contributed by atoms with Gasteiger partial charge < -0.3 is 14.9 Å². The number of anilines is 1. The van der Waals surface area contributed by atoms with E-state index in [2.05, 4.69) is 0 Å². The minimum atomic E-state index is -3.96. The van der Waals surface area contributed by atoms with Gasteiger partial charge in [-0.15, -0.1) is 0 Å². The van der Waals surface area contributed by atoms with Crippen molar-refractivity contribution in [2.75, 3.05) is 49.9 Å². The normalized spacial score (nSPS) is 19.8. The van der Waals surface area contributed by atoms with Gasteiger partial charge in [0.1, 0.15) is 11.6 Å². The summed E-state index contributed by atoms with van der Waals surface area (Å²) in [7, 11) is -3.96. The maximum absolute atomic E-state index is 14.0. The second-order valence-electron chi connectivity index (χ2n) is 7.73. The minimum Gasteiger partial charge on any atom is -0.465 e. The number of nitrogens with one attached hydrogen (secondary N) is 1. The standard InChI is InChI=1S/C18H24F2N4O6S/c19-13-1-2-14(20)15(11-13)22-7-9-24(10-8-22)31(29,30)12-18(16(25)21-28)3-5-23(6-4-18)17(26)27/h1-2,11,28H,3-10,12H2,(H,21,25)(H,26,27). The number of piperazine rings is 1. The number of amides is 2. The molecule has 10 nitrogen and oxygen atoms in total. The van der Waals surface area contributed by atoms with Gasteiger partial charge in [-0.3, -0.25) is 10.0 Å². The van der Waals surface area contributed by atoms with Crippen LogP contribution in [0.2, 0.25) is 0 Å². The van der Waals surface area contributed by atoms with Crippen molar-refractivity contribution in [1.29, 1.82) is 0 Å². The van der Waals surface area contributed by atoms with Crippen LogP contribution in [0.25, 0.3) is 0 Å². The first kappa shape index (κ1) is 23.2. The van der Waals surface area contributed by atoms with E-state index in [1.807, 2.05) is 0 Å². The Morgan fingerprint density at radius 2 is 1.68 bits per heavy atom. The van der Waals surface area contributed by atoms with Crippen LogP contribution in [-0.2, 0) is 14.8 Å². The third-order valence-electron chi connectivity index (χ3n) is 5.91. The topological polar surface area (TPSA) is 130 Å². The number of hydrogen-bond donors (Lipinski definition) is 3. The van der Waals surface area contributed by atoms with Gasteiger partial charge in [0.25, 0.3) is 5.91 Å². The quantitative estimate of drug-likeness (QED) is 0.433. The fourth-order valence-corrected chi connectivity index (χ4v) is 6.08. The van der Waals surface area contributed by atoms with E-state index >= 15 is 0 Å². The Hall–Kier alpha value is -2.51. The number of piperidine rings is 1. The van der Waals surface area contributed by atoms with E-state index in [4.69, 9.17) is 10.3 Å². The summed E-state index contributed by atoms with van der Waals surface area (Å²) < 4.78 is 54.7. The summed E-state index contributed by atoms with van der Waals surface area (Å²) in [6, 6.07) is 3.06. The first-order chi connectivity index (χ1) is 14.6. The molecule has 2 aliphatic heterocycles. The molecule has 0 atom stereocenters. The molecule has 0 bridgehead atoms. The Kier molecular flexibility index (Phi) is 6.67. The lowest BCUT2D eigenvalue weighted by molar-refractivity contribution is -0.141. The number of benzene rings is 1. The molecule has 13 heteroatoms. The van der Waals surface area contributed by atoms with Gasteiger partial charge in [-0.1, -0.05) is 0 Å². The summed E-state index contributed by atoms with van der Waals surface area (Å²) >= 11 is 0. The fourth-order valence-electron chi connectivity index (χ4n) is 4.06. The first-order valence-electron chi connectivity index (χ1n) is 9.68. The SMILES string of the molecule is O=C(O)N1CCC(CS(=O)(=O)N2CCN(c3cc(F)ccc3F)CC2)(C(=O)NO)CC1. The Bertz CT molecular complexity index is 944. The molecule has 0 aliphatic carbocycles. The fraction of sp³-hybridized carbons (Fsp3) is 0.556. The molecule has 31 heavy (non-hydrogen) atoms. The lowest BCUT2D eigenvalue weighted by atomic mass is 9.79. The molecule has 0 unspecified atom stereocenters. The van der Waals surface area contributed by atoms with Gasteiger partial charge in [0.15, 0.2) is 0 Å². The number of hydrogen-bond acceptors (Lipinski definition) is 6. The van der Waals surface area contributed by atoms with Gasteiger partial charge >= 0.3 is 6.09 Å². The number of carbonyl (C=O) groups is 2. The number of carbonyl (C=O) groups excluding carboxylic acids is 1. The molecule has 1 aromatic rings. The third kappa shape index (κ3) is 4.88. The van der Waals surface area contributed by atoms with Gasteiger partial charge in [-0.2, -0.15) is 4.31 Å². The largest absolute Gasteiger partial charge is 0.465 e. The number of halogens is 2. The molecule has 2 amide bonds. The Labute approximate surface area is 178 Å². The van der Waals surface area contributed by atoms with Crippen molar-refractivity contribution in [3.63, 3.8) is 0 Å². The third-order valence-corrected chi connectivity index (χ3v) is 7.98. The molecule has 2 heterocycles. The minimum absolute atomic E-state index is 0.0103. The monoisotopic (exact) mass is 462 g/mol. The van der Waals surface area contributed by atoms with E-state index < -0.39 is 44.8 Å². The number of sulfonamides is 1. The van der Waals surface area contributed by atoms with Gasteiger partial charge in [0, 0.05) is 45.3 Å². The predicted molar refractivity (Wildman–Crippen MR) is 105 cm³/mol. The van der Waals surface area contributed by atoms with Crippen LogP contribution in [0.3, 0.4) is 0 Å². The lowest BCUT2D eigenvalue weighted by Gasteiger charge is -2.41. The summed E-state index contributed by atoms with van der Waals surface area (Å²) in [5, 5.41) is 18.2. The van der Waals surface area contributed by atoms with Crippen LogP contribution >= 0.6 is 0 Å². The molecule has 2 saturated heterocycles. The molecular formula is C18H24F2N4O6S. The highest BCUT2D eigenvalue weighted by Crippen LogP contribution is 2.35.